The number of halogens is 1. The molecular weight excluding hydrogens is 389 g/mol. The molecule has 0 radical (unpaired) electrons. The van der Waals surface area contributed by atoms with Crippen molar-refractivity contribution in [2.45, 2.75) is 56.6 Å². The molecule has 4 saturated carbocycles. The van der Waals surface area contributed by atoms with Crippen LogP contribution >= 0.6 is 11.8 Å². The van der Waals surface area contributed by atoms with Crippen molar-refractivity contribution in [1.82, 2.24) is 25.5 Å². The average Bonchev–Trinajstić information content (AvgIpc) is 3.14. The quantitative estimate of drug-likeness (QED) is 0.730. The van der Waals surface area contributed by atoms with Crippen LogP contribution < -0.4 is 5.32 Å². The van der Waals surface area contributed by atoms with Gasteiger partial charge < -0.3 is 5.32 Å². The Bertz CT molecular complexity index is 881. The minimum atomic E-state index is -0.401. The van der Waals surface area contributed by atoms with Crippen molar-refractivity contribution in [1.29, 1.82) is 0 Å². The highest BCUT2D eigenvalue weighted by atomic mass is 32.2. The van der Waals surface area contributed by atoms with Crippen LogP contribution in [-0.2, 0) is 4.79 Å². The summed E-state index contributed by atoms with van der Waals surface area (Å²) in [6.07, 6.45) is 7.98. The SMILES string of the molecule is C[C@H](NC(=O)CSc1nnnn1-c1ccccc1F)C12CC3CC(CC(C3)C1)C2. The molecule has 1 atom stereocenters. The van der Waals surface area contributed by atoms with Gasteiger partial charge in [-0.2, -0.15) is 4.68 Å². The Morgan fingerprint density at radius 3 is 2.55 bits per heavy atom. The van der Waals surface area contributed by atoms with E-state index in [9.17, 15) is 9.18 Å². The van der Waals surface area contributed by atoms with Gasteiger partial charge in [-0.15, -0.1) is 5.10 Å². The third kappa shape index (κ3) is 3.56. The van der Waals surface area contributed by atoms with E-state index >= 15 is 0 Å². The summed E-state index contributed by atoms with van der Waals surface area (Å²) in [5, 5.41) is 15.2. The third-order valence-corrected chi connectivity index (χ3v) is 8.15. The molecule has 0 spiro atoms. The summed E-state index contributed by atoms with van der Waals surface area (Å²) in [6, 6.07) is 6.52. The predicted octanol–water partition coefficient (Wildman–Crippen LogP) is 3.61. The summed E-state index contributed by atoms with van der Waals surface area (Å²) in [4.78, 5) is 12.7. The van der Waals surface area contributed by atoms with Gasteiger partial charge in [-0.1, -0.05) is 23.9 Å². The van der Waals surface area contributed by atoms with Gasteiger partial charge in [0.25, 0.3) is 0 Å². The number of amides is 1. The first kappa shape index (κ1) is 19.0. The maximum atomic E-state index is 14.1. The number of nitrogens with zero attached hydrogens (tertiary/aromatic N) is 4. The van der Waals surface area contributed by atoms with Crippen LogP contribution in [-0.4, -0.2) is 37.9 Å². The lowest BCUT2D eigenvalue weighted by Crippen LogP contribution is -2.56. The lowest BCUT2D eigenvalue weighted by molar-refractivity contribution is -0.123. The Labute approximate surface area is 174 Å². The highest BCUT2D eigenvalue weighted by Crippen LogP contribution is 2.61. The van der Waals surface area contributed by atoms with E-state index in [1.807, 2.05) is 0 Å². The Morgan fingerprint density at radius 2 is 1.90 bits per heavy atom. The van der Waals surface area contributed by atoms with E-state index in [1.54, 1.807) is 18.2 Å². The number of rotatable bonds is 6. The standard InChI is InChI=1S/C21H26FN5OS/c1-13(21-9-14-6-15(10-21)8-16(7-14)11-21)23-19(28)12-29-20-24-25-26-27(20)18-5-3-2-4-17(18)22/h2-5,13-16H,6-12H2,1H3,(H,23,28)/t13-,14?,15?,16?,21?/m0/s1. The van der Waals surface area contributed by atoms with Gasteiger partial charge in [0.05, 0.1) is 5.75 Å². The van der Waals surface area contributed by atoms with Crippen molar-refractivity contribution in [3.05, 3.63) is 30.1 Å². The molecule has 1 amide bonds. The summed E-state index contributed by atoms with van der Waals surface area (Å²) in [7, 11) is 0. The van der Waals surface area contributed by atoms with Crippen LogP contribution in [0.1, 0.15) is 45.4 Å². The van der Waals surface area contributed by atoms with E-state index in [-0.39, 0.29) is 28.8 Å². The van der Waals surface area contributed by atoms with Gasteiger partial charge in [0.1, 0.15) is 11.5 Å². The minimum absolute atomic E-state index is 0.0127. The molecule has 4 aliphatic rings. The lowest BCUT2D eigenvalue weighted by Gasteiger charge is -2.59. The minimum Gasteiger partial charge on any atom is -0.352 e. The zero-order valence-electron chi connectivity index (χ0n) is 16.6. The molecule has 0 unspecified atom stereocenters. The molecule has 154 valence electrons. The topological polar surface area (TPSA) is 72.7 Å². The van der Waals surface area contributed by atoms with Gasteiger partial charge in [-0.05, 0) is 91.2 Å². The molecule has 0 saturated heterocycles. The summed E-state index contributed by atoms with van der Waals surface area (Å²) < 4.78 is 15.4. The smallest absolute Gasteiger partial charge is 0.230 e. The molecular formula is C21H26FN5OS. The monoisotopic (exact) mass is 415 g/mol. The van der Waals surface area contributed by atoms with Gasteiger partial charge in [0.15, 0.2) is 0 Å². The van der Waals surface area contributed by atoms with Crippen LogP contribution in [0.3, 0.4) is 0 Å². The first-order valence-electron chi connectivity index (χ1n) is 10.5. The fourth-order valence-electron chi connectivity index (χ4n) is 6.32. The molecule has 1 aromatic carbocycles. The number of para-hydroxylation sites is 1. The van der Waals surface area contributed by atoms with Crippen LogP contribution in [0, 0.1) is 29.0 Å². The maximum absolute atomic E-state index is 14.1. The number of tetrazole rings is 1. The zero-order valence-corrected chi connectivity index (χ0v) is 17.4. The number of hydrogen-bond acceptors (Lipinski definition) is 5. The van der Waals surface area contributed by atoms with Crippen molar-refractivity contribution in [3.8, 4) is 5.69 Å². The molecule has 1 aromatic heterocycles. The summed E-state index contributed by atoms with van der Waals surface area (Å²) in [5.74, 6) is 2.38. The van der Waals surface area contributed by atoms with Crippen molar-refractivity contribution >= 4 is 17.7 Å². The van der Waals surface area contributed by atoms with Crippen LogP contribution in [0.15, 0.2) is 29.4 Å². The number of nitrogens with one attached hydrogen (secondary N) is 1. The van der Waals surface area contributed by atoms with Gasteiger partial charge >= 0.3 is 0 Å². The Kier molecular flexibility index (Phi) is 4.84. The number of benzene rings is 1. The van der Waals surface area contributed by atoms with Gasteiger partial charge in [-0.3, -0.25) is 4.79 Å². The summed E-state index contributed by atoms with van der Waals surface area (Å²) in [5.41, 5.74) is 0.562. The summed E-state index contributed by atoms with van der Waals surface area (Å²) >= 11 is 1.23. The van der Waals surface area contributed by atoms with Crippen LogP contribution in [0.4, 0.5) is 4.39 Å². The maximum Gasteiger partial charge on any atom is 0.230 e. The molecule has 6 nitrogen and oxygen atoms in total. The highest BCUT2D eigenvalue weighted by molar-refractivity contribution is 7.99. The van der Waals surface area contributed by atoms with Gasteiger partial charge in [0.2, 0.25) is 11.1 Å². The van der Waals surface area contributed by atoms with Crippen LogP contribution in [0.25, 0.3) is 5.69 Å². The van der Waals surface area contributed by atoms with Crippen molar-refractivity contribution in [2.24, 2.45) is 23.2 Å². The fourth-order valence-corrected chi connectivity index (χ4v) is 7.01. The zero-order chi connectivity index (χ0) is 20.0. The lowest BCUT2D eigenvalue weighted by atomic mass is 9.48. The number of aromatic nitrogens is 4. The second-order valence-electron chi connectivity index (χ2n) is 9.18. The molecule has 8 heteroatoms. The first-order chi connectivity index (χ1) is 14.0. The second-order valence-corrected chi connectivity index (χ2v) is 10.1. The molecule has 2 aromatic rings. The molecule has 4 fully saturated rings. The van der Waals surface area contributed by atoms with Gasteiger partial charge in [-0.25, -0.2) is 4.39 Å². The number of thioether (sulfide) groups is 1. The van der Waals surface area contributed by atoms with E-state index in [1.165, 1.54) is 61.0 Å². The van der Waals surface area contributed by atoms with Gasteiger partial charge in [0, 0.05) is 6.04 Å². The first-order valence-corrected chi connectivity index (χ1v) is 11.5. The number of hydrogen-bond donors (Lipinski definition) is 1. The Hall–Kier alpha value is -1.96. The van der Waals surface area contributed by atoms with Crippen LogP contribution in [0.2, 0.25) is 0 Å². The largest absolute Gasteiger partial charge is 0.352 e. The van der Waals surface area contributed by atoms with E-state index in [0.717, 1.165) is 17.8 Å². The normalized spacial score (nSPS) is 31.0. The summed E-state index contributed by atoms with van der Waals surface area (Å²) in [6.45, 7) is 2.18. The molecule has 4 aliphatic carbocycles. The highest BCUT2D eigenvalue weighted by Gasteiger charge is 2.53. The molecule has 0 aliphatic heterocycles. The molecule has 1 N–H and O–H groups in total. The third-order valence-electron chi connectivity index (χ3n) is 7.24. The van der Waals surface area contributed by atoms with E-state index < -0.39 is 5.82 Å². The van der Waals surface area contributed by atoms with Crippen molar-refractivity contribution < 1.29 is 9.18 Å². The van der Waals surface area contributed by atoms with Crippen LogP contribution in [0.5, 0.6) is 0 Å². The van der Waals surface area contributed by atoms with Crippen molar-refractivity contribution in [3.63, 3.8) is 0 Å². The molecule has 1 heterocycles. The fraction of sp³-hybridized carbons (Fsp3) is 0.619. The van der Waals surface area contributed by atoms with E-state index in [2.05, 4.69) is 27.8 Å². The average molecular weight is 416 g/mol. The van der Waals surface area contributed by atoms with Crippen molar-refractivity contribution in [2.75, 3.05) is 5.75 Å². The molecule has 4 bridgehead atoms. The van der Waals surface area contributed by atoms with E-state index in [4.69, 9.17) is 0 Å². The molecule has 6 rings (SSSR count). The van der Waals surface area contributed by atoms with E-state index in [0.29, 0.717) is 5.16 Å². The number of carbonyl (C=O) groups excluding carboxylic acids is 1. The molecule has 29 heavy (non-hydrogen) atoms. The number of carbonyl (C=O) groups is 1. The predicted molar refractivity (Wildman–Crippen MR) is 108 cm³/mol. The Balaban J connectivity index is 1.22. The Morgan fingerprint density at radius 1 is 1.24 bits per heavy atom. The second kappa shape index (κ2) is 7.38.